The maximum absolute atomic E-state index is 13.0. The van der Waals surface area contributed by atoms with Gasteiger partial charge in [0, 0.05) is 23.1 Å². The predicted octanol–water partition coefficient (Wildman–Crippen LogP) is 4.70. The molecule has 1 amide bonds. The van der Waals surface area contributed by atoms with Crippen LogP contribution in [0, 0.1) is 0 Å². The average Bonchev–Trinajstić information content (AvgIpc) is 2.58. The summed E-state index contributed by atoms with van der Waals surface area (Å²) >= 11 is 4.78. The molecule has 0 spiro atoms. The summed E-state index contributed by atoms with van der Waals surface area (Å²) in [6.45, 7) is 12.6. The lowest BCUT2D eigenvalue weighted by Gasteiger charge is -2.33. The maximum atomic E-state index is 13.0. The average molecular weight is 454 g/mol. The van der Waals surface area contributed by atoms with E-state index in [2.05, 4.69) is 15.9 Å². The Balaban J connectivity index is 2.45. The summed E-state index contributed by atoms with van der Waals surface area (Å²) < 4.78 is 2.54. The number of rotatable bonds is 7. The summed E-state index contributed by atoms with van der Waals surface area (Å²) in [5.74, 6) is 0.0678. The molecule has 0 bridgehead atoms. The number of hydrogen-bond donors (Lipinski definition) is 0. The Morgan fingerprint density at radius 1 is 1.22 bits per heavy atom. The Bertz CT molecular complexity index is 871. The summed E-state index contributed by atoms with van der Waals surface area (Å²) in [5.41, 5.74) is 0.595. The van der Waals surface area contributed by atoms with Crippen molar-refractivity contribution >= 4 is 44.5 Å². The van der Waals surface area contributed by atoms with Gasteiger partial charge < -0.3 is 4.90 Å². The van der Waals surface area contributed by atoms with E-state index in [1.807, 2.05) is 58.6 Å². The lowest BCUT2D eigenvalue weighted by molar-refractivity contribution is -0.133. The first kappa shape index (κ1) is 22.0. The van der Waals surface area contributed by atoms with Gasteiger partial charge in [-0.05, 0) is 59.2 Å². The molecule has 27 heavy (non-hydrogen) atoms. The Labute approximate surface area is 173 Å². The van der Waals surface area contributed by atoms with Crippen LogP contribution in [0.15, 0.2) is 32.6 Å². The number of aromatic nitrogens is 2. The standard InChI is InChI=1S/C20H28BrN3O2S/c1-7-10-23-19(26)16-11-15(21)8-9-17(16)22-20(23)27-14(6)18(25)24(12(2)3)13(4)5/h8-9,11-14H,7,10H2,1-6H3. The molecule has 1 atom stereocenters. The fraction of sp³-hybridized carbons (Fsp3) is 0.550. The molecule has 1 aromatic carbocycles. The van der Waals surface area contributed by atoms with Gasteiger partial charge >= 0.3 is 0 Å². The first-order valence-electron chi connectivity index (χ1n) is 9.36. The molecule has 0 radical (unpaired) electrons. The van der Waals surface area contributed by atoms with Crippen LogP contribution in [-0.2, 0) is 11.3 Å². The molecule has 0 saturated carbocycles. The Hall–Kier alpha value is -1.34. The van der Waals surface area contributed by atoms with E-state index in [-0.39, 0.29) is 28.8 Å². The molecule has 0 N–H and O–H groups in total. The van der Waals surface area contributed by atoms with Crippen molar-refractivity contribution in [3.8, 4) is 0 Å². The molecule has 7 heteroatoms. The fourth-order valence-corrected chi connectivity index (χ4v) is 4.56. The first-order chi connectivity index (χ1) is 12.7. The quantitative estimate of drug-likeness (QED) is 0.450. The van der Waals surface area contributed by atoms with Crippen LogP contribution in [0.4, 0.5) is 0 Å². The third-order valence-corrected chi connectivity index (χ3v) is 5.90. The second-order valence-electron chi connectivity index (χ2n) is 7.21. The number of amides is 1. The smallest absolute Gasteiger partial charge is 0.262 e. The summed E-state index contributed by atoms with van der Waals surface area (Å²) in [5, 5.41) is 0.870. The van der Waals surface area contributed by atoms with Crippen molar-refractivity contribution in [1.82, 2.24) is 14.5 Å². The fourth-order valence-electron chi connectivity index (χ4n) is 3.21. The zero-order valence-corrected chi connectivity index (χ0v) is 19.2. The highest BCUT2D eigenvalue weighted by atomic mass is 79.9. The van der Waals surface area contributed by atoms with Crippen molar-refractivity contribution in [1.29, 1.82) is 0 Å². The molecule has 0 aliphatic carbocycles. The minimum absolute atomic E-state index is 0.0603. The van der Waals surface area contributed by atoms with E-state index in [0.29, 0.717) is 22.6 Å². The first-order valence-corrected chi connectivity index (χ1v) is 11.0. The van der Waals surface area contributed by atoms with Crippen molar-refractivity contribution in [3.63, 3.8) is 0 Å². The Morgan fingerprint density at radius 3 is 2.41 bits per heavy atom. The van der Waals surface area contributed by atoms with E-state index in [1.54, 1.807) is 10.6 Å². The van der Waals surface area contributed by atoms with Crippen LogP contribution in [-0.4, -0.2) is 37.7 Å². The highest BCUT2D eigenvalue weighted by Gasteiger charge is 2.27. The minimum Gasteiger partial charge on any atom is -0.337 e. The Kier molecular flexibility index (Phi) is 7.51. The molecule has 0 saturated heterocycles. The van der Waals surface area contributed by atoms with Gasteiger partial charge in [-0.25, -0.2) is 4.98 Å². The van der Waals surface area contributed by atoms with Crippen LogP contribution >= 0.6 is 27.7 Å². The van der Waals surface area contributed by atoms with Crippen LogP contribution in [0.2, 0.25) is 0 Å². The summed E-state index contributed by atoms with van der Waals surface area (Å²) in [6.07, 6.45) is 0.821. The molecule has 0 fully saturated rings. The van der Waals surface area contributed by atoms with Crippen LogP contribution in [0.5, 0.6) is 0 Å². The number of halogens is 1. The van der Waals surface area contributed by atoms with E-state index in [0.717, 1.165) is 10.9 Å². The van der Waals surface area contributed by atoms with Crippen molar-refractivity contribution in [2.45, 2.75) is 77.0 Å². The van der Waals surface area contributed by atoms with Crippen LogP contribution < -0.4 is 5.56 Å². The van der Waals surface area contributed by atoms with Crippen molar-refractivity contribution in [2.75, 3.05) is 0 Å². The zero-order chi connectivity index (χ0) is 20.3. The SMILES string of the molecule is CCCn1c(SC(C)C(=O)N(C(C)C)C(C)C)nc2ccc(Br)cc2c1=O. The molecular weight excluding hydrogens is 426 g/mol. The molecule has 0 aliphatic rings. The van der Waals surface area contributed by atoms with Gasteiger partial charge in [0.15, 0.2) is 5.16 Å². The van der Waals surface area contributed by atoms with Gasteiger partial charge in [0.2, 0.25) is 5.91 Å². The zero-order valence-electron chi connectivity index (χ0n) is 16.8. The van der Waals surface area contributed by atoms with Gasteiger partial charge in [0.05, 0.1) is 16.2 Å². The molecule has 0 aliphatic heterocycles. The monoisotopic (exact) mass is 453 g/mol. The van der Waals surface area contributed by atoms with Gasteiger partial charge in [0.1, 0.15) is 0 Å². The van der Waals surface area contributed by atoms with Gasteiger partial charge in [-0.1, -0.05) is 34.6 Å². The number of nitrogens with zero attached hydrogens (tertiary/aromatic N) is 3. The van der Waals surface area contributed by atoms with Gasteiger partial charge in [-0.3, -0.25) is 14.2 Å². The highest BCUT2D eigenvalue weighted by Crippen LogP contribution is 2.26. The molecule has 1 aromatic heterocycles. The van der Waals surface area contributed by atoms with E-state index in [9.17, 15) is 9.59 Å². The van der Waals surface area contributed by atoms with Crippen molar-refractivity contribution < 1.29 is 4.79 Å². The normalized spacial score (nSPS) is 12.8. The lowest BCUT2D eigenvalue weighted by atomic mass is 10.2. The Morgan fingerprint density at radius 2 is 1.85 bits per heavy atom. The molecule has 5 nitrogen and oxygen atoms in total. The molecule has 2 aromatic rings. The predicted molar refractivity (Wildman–Crippen MR) is 116 cm³/mol. The largest absolute Gasteiger partial charge is 0.337 e. The number of thioether (sulfide) groups is 1. The molecule has 148 valence electrons. The number of carbonyl (C=O) groups excluding carboxylic acids is 1. The topological polar surface area (TPSA) is 55.2 Å². The van der Waals surface area contributed by atoms with Crippen LogP contribution in [0.25, 0.3) is 10.9 Å². The van der Waals surface area contributed by atoms with Crippen LogP contribution in [0.1, 0.15) is 48.0 Å². The van der Waals surface area contributed by atoms with E-state index < -0.39 is 0 Å². The van der Waals surface area contributed by atoms with Gasteiger partial charge in [-0.2, -0.15) is 0 Å². The molecule has 1 heterocycles. The third kappa shape index (κ3) is 4.93. The van der Waals surface area contributed by atoms with E-state index in [1.165, 1.54) is 11.8 Å². The number of carbonyl (C=O) groups is 1. The summed E-state index contributed by atoms with van der Waals surface area (Å²) in [6, 6.07) is 5.77. The number of fused-ring (bicyclic) bond motifs is 1. The van der Waals surface area contributed by atoms with Crippen molar-refractivity contribution in [2.24, 2.45) is 0 Å². The second kappa shape index (κ2) is 9.24. The number of hydrogen-bond acceptors (Lipinski definition) is 4. The summed E-state index contributed by atoms with van der Waals surface area (Å²) in [4.78, 5) is 32.6. The van der Waals surface area contributed by atoms with Gasteiger partial charge in [-0.15, -0.1) is 0 Å². The number of benzene rings is 1. The molecule has 2 rings (SSSR count). The molecular formula is C20H28BrN3O2S. The highest BCUT2D eigenvalue weighted by molar-refractivity contribution is 9.10. The van der Waals surface area contributed by atoms with Crippen LogP contribution in [0.3, 0.4) is 0 Å². The van der Waals surface area contributed by atoms with Gasteiger partial charge in [0.25, 0.3) is 5.56 Å². The summed E-state index contributed by atoms with van der Waals surface area (Å²) in [7, 11) is 0. The maximum Gasteiger partial charge on any atom is 0.262 e. The molecule has 1 unspecified atom stereocenters. The van der Waals surface area contributed by atoms with E-state index in [4.69, 9.17) is 4.98 Å². The minimum atomic E-state index is -0.322. The lowest BCUT2D eigenvalue weighted by Crippen LogP contribution is -2.45. The second-order valence-corrected chi connectivity index (χ2v) is 9.43. The third-order valence-electron chi connectivity index (χ3n) is 4.33. The van der Waals surface area contributed by atoms with E-state index >= 15 is 0 Å². The van der Waals surface area contributed by atoms with Crippen molar-refractivity contribution in [3.05, 3.63) is 33.0 Å².